The van der Waals surface area contributed by atoms with E-state index in [1.165, 1.54) is 6.08 Å². The summed E-state index contributed by atoms with van der Waals surface area (Å²) in [5.41, 5.74) is 0. The van der Waals surface area contributed by atoms with Crippen molar-refractivity contribution in [3.8, 4) is 11.5 Å². The van der Waals surface area contributed by atoms with Crippen LogP contribution in [0.5, 0.6) is 11.5 Å². The predicted molar refractivity (Wildman–Crippen MR) is 102 cm³/mol. The summed E-state index contributed by atoms with van der Waals surface area (Å²) in [6.45, 7) is 3.96. The molecule has 4 rings (SSSR count). The number of piperazine rings is 1. The molecule has 2 amide bonds. The maximum Gasteiger partial charge on any atom is 0.267 e. The van der Waals surface area contributed by atoms with Crippen molar-refractivity contribution in [3.63, 3.8) is 0 Å². The highest BCUT2D eigenvalue weighted by molar-refractivity contribution is 5.91. The third kappa shape index (κ3) is 3.88. The summed E-state index contributed by atoms with van der Waals surface area (Å²) in [5, 5.41) is 0. The molecular formula is C21H22N2O5. The van der Waals surface area contributed by atoms with Crippen molar-refractivity contribution in [2.75, 3.05) is 32.8 Å². The number of ether oxygens (including phenoxy) is 2. The molecule has 146 valence electrons. The number of aryl methyl sites for hydroxylation is 1. The zero-order chi connectivity index (χ0) is 19.5. The number of carbonyl (C=O) groups excluding carboxylic acids is 2. The molecule has 3 heterocycles. The highest BCUT2D eigenvalue weighted by Crippen LogP contribution is 2.31. The summed E-state index contributed by atoms with van der Waals surface area (Å²) in [6, 6.07) is 11.0. The van der Waals surface area contributed by atoms with E-state index in [0.29, 0.717) is 43.4 Å². The van der Waals surface area contributed by atoms with Gasteiger partial charge in [-0.15, -0.1) is 0 Å². The van der Waals surface area contributed by atoms with E-state index in [0.717, 1.165) is 5.76 Å². The van der Waals surface area contributed by atoms with E-state index in [2.05, 4.69) is 0 Å². The molecule has 2 aliphatic rings. The molecule has 0 bridgehead atoms. The van der Waals surface area contributed by atoms with Crippen LogP contribution < -0.4 is 9.47 Å². The molecule has 2 aliphatic heterocycles. The number of amides is 2. The predicted octanol–water partition coefficient (Wildman–Crippen LogP) is 2.11. The first-order valence-electron chi connectivity index (χ1n) is 9.31. The van der Waals surface area contributed by atoms with E-state index in [-0.39, 0.29) is 18.4 Å². The summed E-state index contributed by atoms with van der Waals surface area (Å²) in [5.74, 6) is 2.49. The van der Waals surface area contributed by atoms with Gasteiger partial charge in [0.15, 0.2) is 11.5 Å². The van der Waals surface area contributed by atoms with Crippen molar-refractivity contribution >= 4 is 17.9 Å². The maximum atomic E-state index is 12.7. The zero-order valence-corrected chi connectivity index (χ0v) is 15.7. The fourth-order valence-electron chi connectivity index (χ4n) is 3.29. The van der Waals surface area contributed by atoms with Crippen LogP contribution in [0.3, 0.4) is 0 Å². The van der Waals surface area contributed by atoms with Crippen molar-refractivity contribution in [1.82, 2.24) is 9.80 Å². The van der Waals surface area contributed by atoms with Gasteiger partial charge in [0.1, 0.15) is 18.1 Å². The number of para-hydroxylation sites is 2. The fourth-order valence-corrected chi connectivity index (χ4v) is 3.29. The molecule has 7 nitrogen and oxygen atoms in total. The third-order valence-corrected chi connectivity index (χ3v) is 4.84. The summed E-state index contributed by atoms with van der Waals surface area (Å²) >= 11 is 0. The minimum Gasteiger partial charge on any atom is -0.485 e. The van der Waals surface area contributed by atoms with Gasteiger partial charge in [-0.05, 0) is 37.3 Å². The van der Waals surface area contributed by atoms with E-state index in [1.807, 2.05) is 37.3 Å². The van der Waals surface area contributed by atoms with Crippen molar-refractivity contribution < 1.29 is 23.5 Å². The second-order valence-corrected chi connectivity index (χ2v) is 6.80. The molecule has 1 aromatic heterocycles. The monoisotopic (exact) mass is 382 g/mol. The van der Waals surface area contributed by atoms with Gasteiger partial charge in [-0.1, -0.05) is 12.1 Å². The van der Waals surface area contributed by atoms with Crippen LogP contribution in [-0.4, -0.2) is 60.5 Å². The lowest BCUT2D eigenvalue weighted by molar-refractivity contribution is -0.145. The van der Waals surface area contributed by atoms with Gasteiger partial charge >= 0.3 is 0 Å². The van der Waals surface area contributed by atoms with Crippen molar-refractivity contribution in [1.29, 1.82) is 0 Å². The van der Waals surface area contributed by atoms with Gasteiger partial charge in [0, 0.05) is 32.3 Å². The Labute approximate surface area is 163 Å². The second kappa shape index (κ2) is 7.80. The van der Waals surface area contributed by atoms with Gasteiger partial charge in [-0.25, -0.2) is 0 Å². The molecule has 0 radical (unpaired) electrons. The highest BCUT2D eigenvalue weighted by Gasteiger charge is 2.33. The molecule has 1 saturated heterocycles. The number of carbonyl (C=O) groups is 2. The van der Waals surface area contributed by atoms with E-state index < -0.39 is 6.10 Å². The second-order valence-electron chi connectivity index (χ2n) is 6.80. The largest absolute Gasteiger partial charge is 0.485 e. The Morgan fingerprint density at radius 2 is 1.71 bits per heavy atom. The summed E-state index contributed by atoms with van der Waals surface area (Å²) in [6.07, 6.45) is 2.52. The Balaban J connectivity index is 1.30. The Hall–Kier alpha value is -3.22. The quantitative estimate of drug-likeness (QED) is 0.761. The van der Waals surface area contributed by atoms with Crippen molar-refractivity contribution in [2.24, 2.45) is 0 Å². The lowest BCUT2D eigenvalue weighted by atomic mass is 10.2. The molecule has 1 atom stereocenters. The normalized spacial score (nSPS) is 19.1. The smallest absolute Gasteiger partial charge is 0.267 e. The van der Waals surface area contributed by atoms with Gasteiger partial charge in [-0.2, -0.15) is 0 Å². The number of rotatable bonds is 3. The molecule has 2 aromatic rings. The van der Waals surface area contributed by atoms with Crippen LogP contribution in [0.25, 0.3) is 6.08 Å². The standard InChI is InChI=1S/C21H22N2O5/c1-15-6-7-16(27-15)8-9-20(24)22-10-12-23(13-11-22)21(25)19-14-26-17-4-2-3-5-18(17)28-19/h2-9,19H,10-14H2,1H3/b9-8+. The van der Waals surface area contributed by atoms with Crippen LogP contribution in [0.15, 0.2) is 46.9 Å². The number of hydrogen-bond donors (Lipinski definition) is 0. The lowest BCUT2D eigenvalue weighted by Crippen LogP contribution is -2.54. The fraction of sp³-hybridized carbons (Fsp3) is 0.333. The number of benzene rings is 1. The summed E-state index contributed by atoms with van der Waals surface area (Å²) < 4.78 is 16.8. The first-order chi connectivity index (χ1) is 13.6. The van der Waals surface area contributed by atoms with Gasteiger partial charge in [0.2, 0.25) is 12.0 Å². The van der Waals surface area contributed by atoms with Gasteiger partial charge in [0.05, 0.1) is 0 Å². The van der Waals surface area contributed by atoms with E-state index in [9.17, 15) is 9.59 Å². The molecule has 0 aliphatic carbocycles. The number of nitrogens with zero attached hydrogens (tertiary/aromatic N) is 2. The van der Waals surface area contributed by atoms with Gasteiger partial charge < -0.3 is 23.7 Å². The van der Waals surface area contributed by atoms with Gasteiger partial charge in [-0.3, -0.25) is 9.59 Å². The van der Waals surface area contributed by atoms with Crippen LogP contribution in [0, 0.1) is 6.92 Å². The zero-order valence-electron chi connectivity index (χ0n) is 15.7. The van der Waals surface area contributed by atoms with Crippen molar-refractivity contribution in [3.05, 3.63) is 54.0 Å². The van der Waals surface area contributed by atoms with E-state index in [1.54, 1.807) is 21.9 Å². The number of furan rings is 1. The minimum absolute atomic E-state index is 0.0904. The molecule has 1 fully saturated rings. The SMILES string of the molecule is Cc1ccc(/C=C/C(=O)N2CCN(C(=O)C3COc4ccccc4O3)CC2)o1. The molecule has 7 heteroatoms. The van der Waals surface area contributed by atoms with Crippen LogP contribution in [-0.2, 0) is 9.59 Å². The molecule has 0 spiro atoms. The Morgan fingerprint density at radius 1 is 1.00 bits per heavy atom. The van der Waals surface area contributed by atoms with E-state index in [4.69, 9.17) is 13.9 Å². The molecule has 1 unspecified atom stereocenters. The molecular weight excluding hydrogens is 360 g/mol. The Morgan fingerprint density at radius 3 is 2.43 bits per heavy atom. The third-order valence-electron chi connectivity index (χ3n) is 4.84. The molecule has 28 heavy (non-hydrogen) atoms. The highest BCUT2D eigenvalue weighted by atomic mass is 16.6. The molecule has 1 aromatic carbocycles. The van der Waals surface area contributed by atoms with E-state index >= 15 is 0 Å². The Bertz CT molecular complexity index is 896. The summed E-state index contributed by atoms with van der Waals surface area (Å²) in [7, 11) is 0. The number of hydrogen-bond acceptors (Lipinski definition) is 5. The average Bonchev–Trinajstić information content (AvgIpc) is 3.16. The summed E-state index contributed by atoms with van der Waals surface area (Å²) in [4.78, 5) is 28.5. The van der Waals surface area contributed by atoms with Crippen LogP contribution >= 0.6 is 0 Å². The van der Waals surface area contributed by atoms with Crippen LogP contribution in [0.2, 0.25) is 0 Å². The average molecular weight is 382 g/mol. The Kier molecular flexibility index (Phi) is 5.06. The maximum absolute atomic E-state index is 12.7. The first kappa shape index (κ1) is 18.2. The topological polar surface area (TPSA) is 72.2 Å². The van der Waals surface area contributed by atoms with Gasteiger partial charge in [0.25, 0.3) is 5.91 Å². The first-order valence-corrected chi connectivity index (χ1v) is 9.31. The molecule has 0 saturated carbocycles. The van der Waals surface area contributed by atoms with Crippen molar-refractivity contribution in [2.45, 2.75) is 13.0 Å². The van der Waals surface area contributed by atoms with Crippen LogP contribution in [0.4, 0.5) is 0 Å². The number of fused-ring (bicyclic) bond motifs is 1. The molecule has 0 N–H and O–H groups in total. The lowest BCUT2D eigenvalue weighted by Gasteiger charge is -2.36. The van der Waals surface area contributed by atoms with Crippen LogP contribution in [0.1, 0.15) is 11.5 Å². The minimum atomic E-state index is -0.653.